The van der Waals surface area contributed by atoms with Crippen LogP contribution in [0.25, 0.3) is 0 Å². The Bertz CT molecular complexity index is 456. The van der Waals surface area contributed by atoms with Gasteiger partial charge >= 0.3 is 0 Å². The fraction of sp³-hybridized carbons (Fsp3) is 0.385. The Kier molecular flexibility index (Phi) is 3.24. The molecule has 0 aromatic heterocycles. The smallest absolute Gasteiger partial charge is 0.260 e. The maximum atomic E-state index is 12.2. The monoisotopic (exact) mass is 232 g/mol. The summed E-state index contributed by atoms with van der Waals surface area (Å²) in [4.78, 5) is 25.3. The first kappa shape index (κ1) is 11.8. The summed E-state index contributed by atoms with van der Waals surface area (Å²) in [6, 6.07) is 7.19. The summed E-state index contributed by atoms with van der Waals surface area (Å²) >= 11 is 0. The number of likely N-dealkylation sites (tertiary alicyclic amines) is 1. The van der Waals surface area contributed by atoms with Crippen LogP contribution in [-0.2, 0) is 4.79 Å². The van der Waals surface area contributed by atoms with Crippen LogP contribution in [0.15, 0.2) is 24.3 Å². The van der Waals surface area contributed by atoms with Crippen molar-refractivity contribution in [3.05, 3.63) is 35.4 Å². The average Bonchev–Trinajstić information content (AvgIpc) is 2.29. The lowest BCUT2D eigenvalue weighted by Gasteiger charge is -2.28. The number of carbonyl (C=O) groups excluding carboxylic acids is 2. The summed E-state index contributed by atoms with van der Waals surface area (Å²) in [6.45, 7) is 2.29. The van der Waals surface area contributed by atoms with Crippen LogP contribution >= 0.6 is 0 Å². The van der Waals surface area contributed by atoms with Crippen molar-refractivity contribution >= 4 is 11.8 Å². The van der Waals surface area contributed by atoms with Gasteiger partial charge in [-0.1, -0.05) is 18.2 Å². The fourth-order valence-corrected chi connectivity index (χ4v) is 2.03. The minimum atomic E-state index is -0.208. The first-order chi connectivity index (χ1) is 8.09. The molecule has 1 aliphatic rings. The van der Waals surface area contributed by atoms with E-state index in [2.05, 4.69) is 0 Å². The minimum absolute atomic E-state index is 0.108. The number of imide groups is 1. The van der Waals surface area contributed by atoms with E-state index in [1.165, 1.54) is 4.90 Å². The standard InChI is InChI=1S/C13H16N2O2/c1-9-4-2-3-5-11(9)13(17)15-7-6-10(14)8-12(15)16/h2-5,10H,6-8,14H2,1H3. The van der Waals surface area contributed by atoms with Crippen molar-refractivity contribution in [2.45, 2.75) is 25.8 Å². The number of carbonyl (C=O) groups is 2. The average molecular weight is 232 g/mol. The van der Waals surface area contributed by atoms with Gasteiger partial charge in [0.15, 0.2) is 0 Å². The van der Waals surface area contributed by atoms with Crippen LogP contribution in [0, 0.1) is 6.92 Å². The van der Waals surface area contributed by atoms with Crippen LogP contribution in [0.4, 0.5) is 0 Å². The third kappa shape index (κ3) is 2.36. The highest BCUT2D eigenvalue weighted by Crippen LogP contribution is 2.16. The lowest BCUT2D eigenvalue weighted by Crippen LogP contribution is -2.46. The van der Waals surface area contributed by atoms with Gasteiger partial charge in [-0.05, 0) is 25.0 Å². The van der Waals surface area contributed by atoms with Crippen LogP contribution in [0.1, 0.15) is 28.8 Å². The quantitative estimate of drug-likeness (QED) is 0.737. The summed E-state index contributed by atoms with van der Waals surface area (Å²) in [5.74, 6) is -0.378. The molecular formula is C13H16N2O2. The Balaban J connectivity index is 2.21. The van der Waals surface area contributed by atoms with E-state index in [0.29, 0.717) is 18.5 Å². The lowest BCUT2D eigenvalue weighted by atomic mass is 10.0. The molecule has 4 heteroatoms. The SMILES string of the molecule is Cc1ccccc1C(=O)N1CCC(N)CC1=O. The van der Waals surface area contributed by atoms with Crippen molar-refractivity contribution in [1.29, 1.82) is 0 Å². The number of hydrogen-bond donors (Lipinski definition) is 1. The molecule has 0 spiro atoms. The molecule has 1 aromatic rings. The van der Waals surface area contributed by atoms with E-state index in [0.717, 1.165) is 5.56 Å². The van der Waals surface area contributed by atoms with Crippen molar-refractivity contribution in [2.75, 3.05) is 6.54 Å². The number of benzene rings is 1. The molecule has 1 fully saturated rings. The molecule has 1 aliphatic heterocycles. The highest BCUT2D eigenvalue weighted by molar-refractivity contribution is 6.05. The van der Waals surface area contributed by atoms with E-state index in [9.17, 15) is 9.59 Å². The molecule has 4 nitrogen and oxygen atoms in total. The molecule has 1 saturated heterocycles. The molecule has 0 saturated carbocycles. The van der Waals surface area contributed by atoms with E-state index < -0.39 is 0 Å². The molecule has 0 bridgehead atoms. The molecular weight excluding hydrogens is 216 g/mol. The third-order valence-electron chi connectivity index (χ3n) is 3.08. The third-order valence-corrected chi connectivity index (χ3v) is 3.08. The summed E-state index contributed by atoms with van der Waals surface area (Å²) in [5.41, 5.74) is 7.18. The largest absolute Gasteiger partial charge is 0.327 e. The Hall–Kier alpha value is -1.68. The first-order valence-electron chi connectivity index (χ1n) is 5.75. The van der Waals surface area contributed by atoms with Crippen LogP contribution in [-0.4, -0.2) is 29.3 Å². The number of nitrogens with zero attached hydrogens (tertiary/aromatic N) is 1. The maximum absolute atomic E-state index is 12.2. The van der Waals surface area contributed by atoms with Gasteiger partial charge in [-0.15, -0.1) is 0 Å². The fourth-order valence-electron chi connectivity index (χ4n) is 2.03. The van der Waals surface area contributed by atoms with Gasteiger partial charge in [-0.25, -0.2) is 0 Å². The molecule has 2 amide bonds. The van der Waals surface area contributed by atoms with Gasteiger partial charge in [-0.2, -0.15) is 0 Å². The normalized spacial score (nSPS) is 20.5. The number of amides is 2. The predicted molar refractivity (Wildman–Crippen MR) is 64.4 cm³/mol. The van der Waals surface area contributed by atoms with Crippen LogP contribution in [0.2, 0.25) is 0 Å². The Morgan fingerprint density at radius 1 is 1.41 bits per heavy atom. The van der Waals surface area contributed by atoms with Gasteiger partial charge in [-0.3, -0.25) is 14.5 Å². The minimum Gasteiger partial charge on any atom is -0.327 e. The maximum Gasteiger partial charge on any atom is 0.260 e. The van der Waals surface area contributed by atoms with E-state index in [4.69, 9.17) is 5.73 Å². The molecule has 2 N–H and O–H groups in total. The summed E-state index contributed by atoms with van der Waals surface area (Å²) in [7, 11) is 0. The second kappa shape index (κ2) is 4.67. The van der Waals surface area contributed by atoms with E-state index in [1.807, 2.05) is 19.1 Å². The summed E-state index contributed by atoms with van der Waals surface area (Å²) in [5, 5.41) is 0. The Morgan fingerprint density at radius 2 is 2.12 bits per heavy atom. The van der Waals surface area contributed by atoms with Gasteiger partial charge in [0.2, 0.25) is 5.91 Å². The summed E-state index contributed by atoms with van der Waals surface area (Å²) < 4.78 is 0. The van der Waals surface area contributed by atoms with Crippen molar-refractivity contribution < 1.29 is 9.59 Å². The van der Waals surface area contributed by atoms with Gasteiger partial charge in [0.25, 0.3) is 5.91 Å². The zero-order valence-electron chi connectivity index (χ0n) is 9.85. The highest BCUT2D eigenvalue weighted by atomic mass is 16.2. The molecule has 1 heterocycles. The zero-order chi connectivity index (χ0) is 12.4. The topological polar surface area (TPSA) is 63.4 Å². The molecule has 0 aliphatic carbocycles. The number of hydrogen-bond acceptors (Lipinski definition) is 3. The van der Waals surface area contributed by atoms with Crippen LogP contribution < -0.4 is 5.73 Å². The lowest BCUT2D eigenvalue weighted by molar-refractivity contribution is -0.130. The van der Waals surface area contributed by atoms with E-state index in [-0.39, 0.29) is 24.3 Å². The summed E-state index contributed by atoms with van der Waals surface area (Å²) in [6.07, 6.45) is 0.945. The molecule has 2 rings (SSSR count). The van der Waals surface area contributed by atoms with E-state index in [1.54, 1.807) is 12.1 Å². The second-order valence-electron chi connectivity index (χ2n) is 4.42. The molecule has 1 aromatic carbocycles. The Morgan fingerprint density at radius 3 is 2.76 bits per heavy atom. The van der Waals surface area contributed by atoms with Crippen molar-refractivity contribution in [3.63, 3.8) is 0 Å². The zero-order valence-corrected chi connectivity index (χ0v) is 9.85. The van der Waals surface area contributed by atoms with Crippen molar-refractivity contribution in [1.82, 2.24) is 4.90 Å². The number of piperidine rings is 1. The number of aryl methyl sites for hydroxylation is 1. The van der Waals surface area contributed by atoms with Gasteiger partial charge in [0, 0.05) is 24.6 Å². The Labute approximate surface area is 100 Å². The van der Waals surface area contributed by atoms with Gasteiger partial charge in [0.1, 0.15) is 0 Å². The molecule has 1 unspecified atom stereocenters. The van der Waals surface area contributed by atoms with Crippen molar-refractivity contribution in [2.24, 2.45) is 5.73 Å². The van der Waals surface area contributed by atoms with Crippen LogP contribution in [0.5, 0.6) is 0 Å². The first-order valence-corrected chi connectivity index (χ1v) is 5.75. The van der Waals surface area contributed by atoms with E-state index >= 15 is 0 Å². The molecule has 90 valence electrons. The highest BCUT2D eigenvalue weighted by Gasteiger charge is 2.29. The molecule has 0 radical (unpaired) electrons. The van der Waals surface area contributed by atoms with Crippen LogP contribution in [0.3, 0.4) is 0 Å². The molecule has 17 heavy (non-hydrogen) atoms. The molecule has 1 atom stereocenters. The number of nitrogens with two attached hydrogens (primary N) is 1. The van der Waals surface area contributed by atoms with Gasteiger partial charge < -0.3 is 5.73 Å². The van der Waals surface area contributed by atoms with Gasteiger partial charge in [0.05, 0.1) is 0 Å². The number of rotatable bonds is 1. The second-order valence-corrected chi connectivity index (χ2v) is 4.42. The predicted octanol–water partition coefficient (Wildman–Crippen LogP) is 1.08. The van der Waals surface area contributed by atoms with Crippen molar-refractivity contribution in [3.8, 4) is 0 Å².